The minimum absolute atomic E-state index is 0.0838. The Bertz CT molecular complexity index is 743. The maximum Gasteiger partial charge on any atom is 0.312 e. The first-order valence-electron chi connectivity index (χ1n) is 9.09. The van der Waals surface area contributed by atoms with Gasteiger partial charge in [0.15, 0.2) is 0 Å². The highest BCUT2D eigenvalue weighted by Crippen LogP contribution is 2.52. The maximum atomic E-state index is 13.1. The fourth-order valence-corrected chi connectivity index (χ4v) is 4.16. The SMILES string of the molecule is CCCCOC(=O)[C@@H]1[C@@H]2C=C[C@]3(CN(c4ccc(OC)cc4)C(=O)[C@H]13)O2. The Balaban J connectivity index is 1.57. The van der Waals surface area contributed by atoms with Crippen molar-refractivity contribution in [1.29, 1.82) is 0 Å². The minimum atomic E-state index is -0.726. The molecule has 1 amide bonds. The van der Waals surface area contributed by atoms with E-state index in [2.05, 4.69) is 0 Å². The van der Waals surface area contributed by atoms with E-state index >= 15 is 0 Å². The van der Waals surface area contributed by atoms with Gasteiger partial charge in [0.1, 0.15) is 17.3 Å². The van der Waals surface area contributed by atoms with Crippen LogP contribution in [-0.4, -0.2) is 43.8 Å². The molecule has 6 heteroatoms. The van der Waals surface area contributed by atoms with Crippen LogP contribution in [0.3, 0.4) is 0 Å². The first-order valence-corrected chi connectivity index (χ1v) is 9.09. The van der Waals surface area contributed by atoms with Gasteiger partial charge in [0.2, 0.25) is 5.91 Å². The van der Waals surface area contributed by atoms with E-state index in [1.54, 1.807) is 12.0 Å². The summed E-state index contributed by atoms with van der Waals surface area (Å²) >= 11 is 0. The van der Waals surface area contributed by atoms with E-state index in [-0.39, 0.29) is 18.0 Å². The lowest BCUT2D eigenvalue weighted by Gasteiger charge is -2.22. The molecule has 0 N–H and O–H groups in total. The average Bonchev–Trinajstić information content (AvgIpc) is 3.30. The Hall–Kier alpha value is -2.34. The number of hydrogen-bond acceptors (Lipinski definition) is 5. The van der Waals surface area contributed by atoms with E-state index in [1.807, 2.05) is 43.3 Å². The molecule has 0 aliphatic carbocycles. The van der Waals surface area contributed by atoms with Crippen molar-refractivity contribution in [3.8, 4) is 5.75 Å². The molecule has 4 rings (SSSR count). The number of rotatable bonds is 6. The molecule has 6 nitrogen and oxygen atoms in total. The molecule has 1 aromatic rings. The van der Waals surface area contributed by atoms with Crippen molar-refractivity contribution in [3.05, 3.63) is 36.4 Å². The van der Waals surface area contributed by atoms with Gasteiger partial charge >= 0.3 is 5.97 Å². The molecule has 2 fully saturated rings. The third-order valence-corrected chi connectivity index (χ3v) is 5.50. The molecule has 1 spiro atoms. The van der Waals surface area contributed by atoms with E-state index in [9.17, 15) is 9.59 Å². The van der Waals surface area contributed by atoms with Crippen LogP contribution >= 0.6 is 0 Å². The predicted molar refractivity (Wildman–Crippen MR) is 94.9 cm³/mol. The van der Waals surface area contributed by atoms with Gasteiger partial charge in [-0.25, -0.2) is 0 Å². The van der Waals surface area contributed by atoms with Gasteiger partial charge in [-0.3, -0.25) is 9.59 Å². The average molecular weight is 357 g/mol. The third-order valence-electron chi connectivity index (χ3n) is 5.50. The van der Waals surface area contributed by atoms with Crippen molar-refractivity contribution in [3.63, 3.8) is 0 Å². The minimum Gasteiger partial charge on any atom is -0.497 e. The second kappa shape index (κ2) is 6.43. The van der Waals surface area contributed by atoms with Crippen LogP contribution in [-0.2, 0) is 19.1 Å². The zero-order valence-corrected chi connectivity index (χ0v) is 15.0. The lowest BCUT2D eigenvalue weighted by molar-refractivity contribution is -0.152. The standard InChI is InChI=1S/C20H23NO5/c1-3-4-11-25-19(23)16-15-9-10-20(26-15)12-21(18(22)17(16)20)13-5-7-14(24-2)8-6-13/h5-10,15-17H,3-4,11-12H2,1-2H3/t15-,16+,17-,20+/m0/s1. The number of nitrogens with zero attached hydrogens (tertiary/aromatic N) is 1. The Morgan fingerprint density at radius 3 is 2.81 bits per heavy atom. The molecular weight excluding hydrogens is 334 g/mol. The number of unbranched alkanes of at least 4 members (excludes halogenated alkanes) is 1. The highest BCUT2D eigenvalue weighted by atomic mass is 16.6. The van der Waals surface area contributed by atoms with E-state index < -0.39 is 17.4 Å². The van der Waals surface area contributed by atoms with Crippen LogP contribution in [0.15, 0.2) is 36.4 Å². The summed E-state index contributed by atoms with van der Waals surface area (Å²) in [6.07, 6.45) is 5.25. The Labute approximate surface area is 152 Å². The molecule has 1 aromatic carbocycles. The first kappa shape index (κ1) is 17.1. The smallest absolute Gasteiger partial charge is 0.312 e. The molecule has 3 aliphatic rings. The first-order chi connectivity index (χ1) is 12.6. The van der Waals surface area contributed by atoms with Gasteiger partial charge < -0.3 is 19.1 Å². The molecule has 0 radical (unpaired) electrons. The van der Waals surface area contributed by atoms with Crippen LogP contribution in [0.2, 0.25) is 0 Å². The number of hydrogen-bond donors (Lipinski definition) is 0. The zero-order chi connectivity index (χ0) is 18.3. The van der Waals surface area contributed by atoms with Crippen LogP contribution < -0.4 is 9.64 Å². The number of ether oxygens (including phenoxy) is 3. The molecule has 0 unspecified atom stereocenters. The normalized spacial score (nSPS) is 31.4. The second-order valence-corrected chi connectivity index (χ2v) is 7.04. The Morgan fingerprint density at radius 2 is 2.12 bits per heavy atom. The molecule has 0 aromatic heterocycles. The topological polar surface area (TPSA) is 65.1 Å². The predicted octanol–water partition coefficient (Wildman–Crippen LogP) is 2.32. The fourth-order valence-electron chi connectivity index (χ4n) is 4.16. The maximum absolute atomic E-state index is 13.1. The lowest BCUT2D eigenvalue weighted by atomic mass is 9.77. The zero-order valence-electron chi connectivity index (χ0n) is 15.0. The summed E-state index contributed by atoms with van der Waals surface area (Å²) in [6, 6.07) is 7.33. The van der Waals surface area contributed by atoms with Crippen LogP contribution in [0.5, 0.6) is 5.75 Å². The molecule has 3 aliphatic heterocycles. The quantitative estimate of drug-likeness (QED) is 0.444. The van der Waals surface area contributed by atoms with Gasteiger partial charge in [-0.15, -0.1) is 0 Å². The Morgan fingerprint density at radius 1 is 1.35 bits per heavy atom. The molecule has 2 bridgehead atoms. The number of amides is 1. The number of carbonyl (C=O) groups is 2. The summed E-state index contributed by atoms with van der Waals surface area (Å²) < 4.78 is 16.7. The highest BCUT2D eigenvalue weighted by Gasteiger charge is 2.67. The van der Waals surface area contributed by atoms with Crippen LogP contribution in [0, 0.1) is 11.8 Å². The number of esters is 1. The molecular formula is C20H23NO5. The van der Waals surface area contributed by atoms with Crippen molar-refractivity contribution < 1.29 is 23.8 Å². The summed E-state index contributed by atoms with van der Waals surface area (Å²) in [5.74, 6) is -0.765. The number of carbonyl (C=O) groups excluding carboxylic acids is 2. The van der Waals surface area contributed by atoms with E-state index in [4.69, 9.17) is 14.2 Å². The third kappa shape index (κ3) is 2.51. The summed E-state index contributed by atoms with van der Waals surface area (Å²) in [4.78, 5) is 27.4. The molecule has 4 atom stereocenters. The largest absolute Gasteiger partial charge is 0.497 e. The van der Waals surface area contributed by atoms with Gasteiger partial charge in [0, 0.05) is 5.69 Å². The van der Waals surface area contributed by atoms with Crippen molar-refractivity contribution in [2.75, 3.05) is 25.2 Å². The van der Waals surface area contributed by atoms with E-state index in [0.717, 1.165) is 24.3 Å². The van der Waals surface area contributed by atoms with Gasteiger partial charge in [-0.1, -0.05) is 25.5 Å². The summed E-state index contributed by atoms with van der Waals surface area (Å²) in [5, 5.41) is 0. The summed E-state index contributed by atoms with van der Waals surface area (Å²) in [6.45, 7) is 2.84. The van der Waals surface area contributed by atoms with Crippen LogP contribution in [0.4, 0.5) is 5.69 Å². The fraction of sp³-hybridized carbons (Fsp3) is 0.500. The van der Waals surface area contributed by atoms with Gasteiger partial charge in [0.05, 0.1) is 32.3 Å². The highest BCUT2D eigenvalue weighted by molar-refractivity contribution is 6.02. The summed E-state index contributed by atoms with van der Waals surface area (Å²) in [7, 11) is 1.60. The van der Waals surface area contributed by atoms with Crippen molar-refractivity contribution >= 4 is 17.6 Å². The van der Waals surface area contributed by atoms with Gasteiger partial charge in [-0.05, 0) is 30.7 Å². The lowest BCUT2D eigenvalue weighted by Crippen LogP contribution is -2.40. The van der Waals surface area contributed by atoms with Gasteiger partial charge in [0.25, 0.3) is 0 Å². The molecule has 138 valence electrons. The molecule has 26 heavy (non-hydrogen) atoms. The summed E-state index contributed by atoms with van der Waals surface area (Å²) in [5.41, 5.74) is 0.0500. The Kier molecular flexibility index (Phi) is 4.23. The molecule has 2 saturated heterocycles. The number of fused-ring (bicyclic) bond motifs is 1. The van der Waals surface area contributed by atoms with Crippen molar-refractivity contribution in [2.45, 2.75) is 31.5 Å². The number of methoxy groups -OCH3 is 1. The molecule has 3 heterocycles. The number of benzene rings is 1. The van der Waals surface area contributed by atoms with Crippen molar-refractivity contribution in [1.82, 2.24) is 0 Å². The van der Waals surface area contributed by atoms with Crippen LogP contribution in [0.25, 0.3) is 0 Å². The second-order valence-electron chi connectivity index (χ2n) is 7.04. The van der Waals surface area contributed by atoms with Crippen LogP contribution in [0.1, 0.15) is 19.8 Å². The van der Waals surface area contributed by atoms with Gasteiger partial charge in [-0.2, -0.15) is 0 Å². The number of anilines is 1. The van der Waals surface area contributed by atoms with Crippen molar-refractivity contribution in [2.24, 2.45) is 11.8 Å². The monoisotopic (exact) mass is 357 g/mol. The van der Waals surface area contributed by atoms with E-state index in [1.165, 1.54) is 0 Å². The van der Waals surface area contributed by atoms with E-state index in [0.29, 0.717) is 13.2 Å². The molecule has 0 saturated carbocycles.